The molecule has 1 aliphatic heterocycles. The van der Waals surface area contributed by atoms with Gasteiger partial charge < -0.3 is 14.6 Å². The second-order valence-corrected chi connectivity index (χ2v) is 5.99. The van der Waals surface area contributed by atoms with Crippen molar-refractivity contribution < 1.29 is 9.53 Å². The maximum absolute atomic E-state index is 12.5. The Balaban J connectivity index is 1.59. The Hall–Kier alpha value is -2.41. The second-order valence-electron chi connectivity index (χ2n) is 5.99. The highest BCUT2D eigenvalue weighted by atomic mass is 16.5. The van der Waals surface area contributed by atoms with Gasteiger partial charge in [0, 0.05) is 25.2 Å². The van der Waals surface area contributed by atoms with Crippen LogP contribution >= 0.6 is 0 Å². The molecule has 0 spiro atoms. The summed E-state index contributed by atoms with van der Waals surface area (Å²) in [6, 6.07) is 7.48. The molecule has 1 atom stereocenters. The monoisotopic (exact) mass is 329 g/mol. The van der Waals surface area contributed by atoms with E-state index < -0.39 is 0 Å². The molecule has 0 radical (unpaired) electrons. The van der Waals surface area contributed by atoms with Crippen molar-refractivity contribution in [3.63, 3.8) is 0 Å². The Bertz CT molecular complexity index is 728. The van der Waals surface area contributed by atoms with Crippen molar-refractivity contribution in [2.45, 2.75) is 39.5 Å². The molecular weight excluding hydrogens is 306 g/mol. The van der Waals surface area contributed by atoms with Crippen molar-refractivity contribution >= 4 is 5.91 Å². The van der Waals surface area contributed by atoms with Crippen molar-refractivity contribution in [3.8, 4) is 5.75 Å². The molecule has 1 aliphatic rings. The van der Waals surface area contributed by atoms with Gasteiger partial charge in [0.25, 0.3) is 0 Å². The van der Waals surface area contributed by atoms with E-state index in [4.69, 9.17) is 4.74 Å². The summed E-state index contributed by atoms with van der Waals surface area (Å²) in [7, 11) is 1.63. The van der Waals surface area contributed by atoms with Gasteiger partial charge in [-0.25, -0.2) is 0 Å². The molecule has 0 bridgehead atoms. The van der Waals surface area contributed by atoms with Crippen LogP contribution in [0.5, 0.6) is 5.75 Å². The van der Waals surface area contributed by atoms with Gasteiger partial charge in [0.1, 0.15) is 17.4 Å². The van der Waals surface area contributed by atoms with Gasteiger partial charge in [0.05, 0.1) is 19.7 Å². The maximum Gasteiger partial charge on any atom is 0.237 e. The molecule has 7 nitrogen and oxygen atoms in total. The fourth-order valence-electron chi connectivity index (χ4n) is 3.00. The smallest absolute Gasteiger partial charge is 0.237 e. The number of fused-ring (bicyclic) bond motifs is 1. The molecule has 1 N–H and O–H groups in total. The van der Waals surface area contributed by atoms with Crippen LogP contribution in [0, 0.1) is 6.92 Å². The highest BCUT2D eigenvalue weighted by molar-refractivity contribution is 5.81. The zero-order chi connectivity index (χ0) is 17.1. The second kappa shape index (κ2) is 7.00. The number of nitrogens with zero attached hydrogens (tertiary/aromatic N) is 4. The number of nitrogens with one attached hydrogen (secondary N) is 1. The third kappa shape index (κ3) is 3.26. The molecule has 128 valence electrons. The van der Waals surface area contributed by atoms with Gasteiger partial charge in [-0.15, -0.1) is 10.2 Å². The van der Waals surface area contributed by atoms with Crippen molar-refractivity contribution in [2.75, 3.05) is 13.7 Å². The van der Waals surface area contributed by atoms with Crippen LogP contribution in [-0.2, 0) is 24.4 Å². The molecular formula is C17H23N5O2. The van der Waals surface area contributed by atoms with E-state index in [2.05, 4.69) is 25.0 Å². The molecule has 0 fully saturated rings. The molecule has 7 heteroatoms. The van der Waals surface area contributed by atoms with Crippen molar-refractivity contribution in [3.05, 3.63) is 41.5 Å². The summed E-state index contributed by atoms with van der Waals surface area (Å²) < 4.78 is 7.42. The normalized spacial score (nSPS) is 15.6. The molecule has 1 aromatic carbocycles. The standard InChI is InChI=1S/C17H23N5O2/c1-12(21-8-9-22-13(2)19-20-16(22)11-21)17(23)18-10-14-6-4-5-7-15(14)24-3/h4-7,12H,8-11H2,1-3H3,(H,18,23)/t12-/m1/s1. The van der Waals surface area contributed by atoms with Gasteiger partial charge in [-0.1, -0.05) is 18.2 Å². The number of rotatable bonds is 5. The fraction of sp³-hybridized carbons (Fsp3) is 0.471. The number of aromatic nitrogens is 3. The topological polar surface area (TPSA) is 72.3 Å². The van der Waals surface area contributed by atoms with E-state index in [-0.39, 0.29) is 11.9 Å². The third-order valence-electron chi connectivity index (χ3n) is 4.54. The molecule has 1 amide bonds. The first-order valence-electron chi connectivity index (χ1n) is 8.12. The van der Waals surface area contributed by atoms with E-state index in [1.54, 1.807) is 7.11 Å². The number of hydrogen-bond acceptors (Lipinski definition) is 5. The Morgan fingerprint density at radius 2 is 2.12 bits per heavy atom. The summed E-state index contributed by atoms with van der Waals surface area (Å²) in [5, 5.41) is 11.3. The number of carbonyl (C=O) groups excluding carboxylic acids is 1. The minimum Gasteiger partial charge on any atom is -0.496 e. The van der Waals surface area contributed by atoms with Crippen molar-refractivity contribution in [1.82, 2.24) is 25.0 Å². The number of benzene rings is 1. The minimum absolute atomic E-state index is 0.00518. The molecule has 0 aliphatic carbocycles. The number of aryl methyl sites for hydroxylation is 1. The SMILES string of the molecule is COc1ccccc1CNC(=O)[C@@H](C)N1CCn2c(C)nnc2C1. The fourth-order valence-corrected chi connectivity index (χ4v) is 3.00. The molecule has 2 heterocycles. The lowest BCUT2D eigenvalue weighted by Gasteiger charge is -2.31. The molecule has 1 aromatic heterocycles. The van der Waals surface area contributed by atoms with Gasteiger partial charge in [-0.2, -0.15) is 0 Å². The van der Waals surface area contributed by atoms with Crippen LogP contribution in [0.25, 0.3) is 0 Å². The summed E-state index contributed by atoms with van der Waals surface area (Å²) in [6.07, 6.45) is 0. The van der Waals surface area contributed by atoms with E-state index in [0.29, 0.717) is 13.1 Å². The number of ether oxygens (including phenoxy) is 1. The van der Waals surface area contributed by atoms with Crippen LogP contribution in [0.3, 0.4) is 0 Å². The van der Waals surface area contributed by atoms with Gasteiger partial charge >= 0.3 is 0 Å². The van der Waals surface area contributed by atoms with Gasteiger partial charge in [0.2, 0.25) is 5.91 Å². The van der Waals surface area contributed by atoms with Crippen molar-refractivity contribution in [2.24, 2.45) is 0 Å². The summed E-state index contributed by atoms with van der Waals surface area (Å²) in [5.41, 5.74) is 0.967. The van der Waals surface area contributed by atoms with Gasteiger partial charge in [-0.05, 0) is 19.9 Å². The Morgan fingerprint density at radius 1 is 1.33 bits per heavy atom. The van der Waals surface area contributed by atoms with Crippen LogP contribution in [0.15, 0.2) is 24.3 Å². The minimum atomic E-state index is -0.217. The summed E-state index contributed by atoms with van der Waals surface area (Å²) in [4.78, 5) is 14.6. The van der Waals surface area contributed by atoms with E-state index in [9.17, 15) is 4.79 Å². The highest BCUT2D eigenvalue weighted by Crippen LogP contribution is 2.18. The van der Waals surface area contributed by atoms with E-state index in [0.717, 1.165) is 36.1 Å². The predicted molar refractivity (Wildman–Crippen MR) is 89.5 cm³/mol. The highest BCUT2D eigenvalue weighted by Gasteiger charge is 2.27. The van der Waals surface area contributed by atoms with Crippen LogP contribution in [-0.4, -0.2) is 45.3 Å². The first-order chi connectivity index (χ1) is 11.6. The zero-order valence-corrected chi connectivity index (χ0v) is 14.3. The van der Waals surface area contributed by atoms with E-state index in [1.807, 2.05) is 38.1 Å². The quantitative estimate of drug-likeness (QED) is 0.890. The lowest BCUT2D eigenvalue weighted by Crippen LogP contribution is -2.48. The van der Waals surface area contributed by atoms with Crippen LogP contribution in [0.1, 0.15) is 24.1 Å². The van der Waals surface area contributed by atoms with Gasteiger partial charge in [0.15, 0.2) is 0 Å². The zero-order valence-electron chi connectivity index (χ0n) is 14.3. The molecule has 0 saturated carbocycles. The van der Waals surface area contributed by atoms with Crippen LogP contribution in [0.4, 0.5) is 0 Å². The number of hydrogen-bond donors (Lipinski definition) is 1. The number of carbonyl (C=O) groups is 1. The Morgan fingerprint density at radius 3 is 2.92 bits per heavy atom. The summed E-state index contributed by atoms with van der Waals surface area (Å²) in [5.74, 6) is 2.64. The molecule has 0 saturated heterocycles. The number of para-hydroxylation sites is 1. The lowest BCUT2D eigenvalue weighted by atomic mass is 10.2. The molecule has 24 heavy (non-hydrogen) atoms. The Labute approximate surface area is 141 Å². The van der Waals surface area contributed by atoms with E-state index >= 15 is 0 Å². The van der Waals surface area contributed by atoms with Crippen LogP contribution in [0.2, 0.25) is 0 Å². The Kier molecular flexibility index (Phi) is 4.80. The number of methoxy groups -OCH3 is 1. The predicted octanol–water partition coefficient (Wildman–Crippen LogP) is 1.12. The summed E-state index contributed by atoms with van der Waals surface area (Å²) >= 11 is 0. The molecule has 3 rings (SSSR count). The van der Waals surface area contributed by atoms with Crippen molar-refractivity contribution in [1.29, 1.82) is 0 Å². The first-order valence-corrected chi connectivity index (χ1v) is 8.12. The lowest BCUT2D eigenvalue weighted by molar-refractivity contribution is -0.126. The van der Waals surface area contributed by atoms with E-state index in [1.165, 1.54) is 0 Å². The largest absolute Gasteiger partial charge is 0.496 e. The average Bonchev–Trinajstić information content (AvgIpc) is 2.99. The van der Waals surface area contributed by atoms with Gasteiger partial charge in [-0.3, -0.25) is 9.69 Å². The third-order valence-corrected chi connectivity index (χ3v) is 4.54. The maximum atomic E-state index is 12.5. The first kappa shape index (κ1) is 16.4. The molecule has 2 aromatic rings. The number of amides is 1. The average molecular weight is 329 g/mol. The molecule has 0 unspecified atom stereocenters. The van der Waals surface area contributed by atoms with Crippen LogP contribution < -0.4 is 10.1 Å². The summed E-state index contributed by atoms with van der Waals surface area (Å²) in [6.45, 7) is 6.61.